The van der Waals surface area contributed by atoms with Gasteiger partial charge in [-0.2, -0.15) is 0 Å². The Morgan fingerprint density at radius 1 is 0.963 bits per heavy atom. The monoisotopic (exact) mass is 366 g/mol. The Kier molecular flexibility index (Phi) is 5.54. The molecule has 2 aromatic carbocycles. The molecular formula is C21H22N2O4. The van der Waals surface area contributed by atoms with E-state index < -0.39 is 0 Å². The highest BCUT2D eigenvalue weighted by Gasteiger charge is 2.15. The molecule has 0 saturated carbocycles. The fourth-order valence-electron chi connectivity index (χ4n) is 3.01. The van der Waals surface area contributed by atoms with E-state index in [0.29, 0.717) is 11.1 Å². The maximum atomic E-state index is 11.8. The number of esters is 2. The van der Waals surface area contributed by atoms with E-state index in [2.05, 4.69) is 11.5 Å². The van der Waals surface area contributed by atoms with Crippen LogP contribution in [0.2, 0.25) is 0 Å². The molecule has 27 heavy (non-hydrogen) atoms. The van der Waals surface area contributed by atoms with E-state index in [1.165, 1.54) is 14.2 Å². The molecule has 0 fully saturated rings. The predicted molar refractivity (Wildman–Crippen MR) is 103 cm³/mol. The Bertz CT molecular complexity index is 974. The van der Waals surface area contributed by atoms with E-state index >= 15 is 0 Å². The van der Waals surface area contributed by atoms with Gasteiger partial charge in [-0.1, -0.05) is 25.5 Å². The molecule has 1 heterocycles. The van der Waals surface area contributed by atoms with Gasteiger partial charge in [0, 0.05) is 12.1 Å². The number of fused-ring (bicyclic) bond motifs is 1. The lowest BCUT2D eigenvalue weighted by molar-refractivity contribution is 0.0592. The van der Waals surface area contributed by atoms with Gasteiger partial charge in [-0.3, -0.25) is 0 Å². The lowest BCUT2D eigenvalue weighted by Gasteiger charge is -2.09. The Morgan fingerprint density at radius 3 is 2.22 bits per heavy atom. The number of hydrogen-bond donors (Lipinski definition) is 0. The number of aryl methyl sites for hydroxylation is 1. The van der Waals surface area contributed by atoms with Crippen molar-refractivity contribution in [1.29, 1.82) is 0 Å². The first-order valence-corrected chi connectivity index (χ1v) is 8.86. The van der Waals surface area contributed by atoms with E-state index in [1.54, 1.807) is 24.3 Å². The van der Waals surface area contributed by atoms with E-state index in [9.17, 15) is 9.59 Å². The van der Waals surface area contributed by atoms with Gasteiger partial charge in [-0.05, 0) is 36.8 Å². The largest absolute Gasteiger partial charge is 0.465 e. The molecule has 0 unspecified atom stereocenters. The van der Waals surface area contributed by atoms with Gasteiger partial charge in [-0.25, -0.2) is 14.6 Å². The summed E-state index contributed by atoms with van der Waals surface area (Å²) < 4.78 is 11.7. The van der Waals surface area contributed by atoms with Crippen molar-refractivity contribution in [3.8, 4) is 11.4 Å². The van der Waals surface area contributed by atoms with Gasteiger partial charge in [0.05, 0.1) is 36.4 Å². The summed E-state index contributed by atoms with van der Waals surface area (Å²) in [5.41, 5.74) is 3.56. The molecule has 1 aromatic heterocycles. The lowest BCUT2D eigenvalue weighted by atomic mass is 10.1. The van der Waals surface area contributed by atoms with Crippen LogP contribution in [0.1, 0.15) is 40.5 Å². The van der Waals surface area contributed by atoms with Crippen molar-refractivity contribution in [1.82, 2.24) is 9.55 Å². The first-order chi connectivity index (χ1) is 13.1. The topological polar surface area (TPSA) is 70.4 Å². The summed E-state index contributed by atoms with van der Waals surface area (Å²) in [5.74, 6) is 0.0460. The Hall–Kier alpha value is -3.15. The number of unbranched alkanes of at least 4 members (excludes halogenated alkanes) is 1. The van der Waals surface area contributed by atoms with Gasteiger partial charge >= 0.3 is 11.9 Å². The minimum absolute atomic E-state index is 0.372. The molecule has 0 spiro atoms. The molecule has 0 radical (unpaired) electrons. The Morgan fingerprint density at radius 2 is 1.59 bits per heavy atom. The number of aromatic nitrogens is 2. The van der Waals surface area contributed by atoms with Crippen LogP contribution in [0.5, 0.6) is 0 Å². The number of rotatable bonds is 6. The highest BCUT2D eigenvalue weighted by atomic mass is 16.5. The molecule has 0 amide bonds. The van der Waals surface area contributed by atoms with Crippen LogP contribution in [0.3, 0.4) is 0 Å². The SMILES string of the molecule is CCCCn1c(-c2ccc(C(=O)OC)cc2)nc2cc(C(=O)OC)ccc21. The number of ether oxygens (including phenoxy) is 2. The zero-order valence-corrected chi connectivity index (χ0v) is 15.7. The number of carbonyl (C=O) groups is 2. The van der Waals surface area contributed by atoms with Crippen molar-refractivity contribution in [2.24, 2.45) is 0 Å². The van der Waals surface area contributed by atoms with E-state index in [-0.39, 0.29) is 11.9 Å². The fraction of sp³-hybridized carbons (Fsp3) is 0.286. The number of nitrogens with zero attached hydrogens (tertiary/aromatic N) is 2. The summed E-state index contributed by atoms with van der Waals surface area (Å²) in [7, 11) is 2.72. The average Bonchev–Trinajstić information content (AvgIpc) is 3.08. The molecule has 0 saturated heterocycles. The Labute approximate surface area is 157 Å². The van der Waals surface area contributed by atoms with Crippen molar-refractivity contribution in [3.63, 3.8) is 0 Å². The standard InChI is InChI=1S/C21H22N2O4/c1-4-5-12-23-18-11-10-16(21(25)27-3)13-17(18)22-19(23)14-6-8-15(9-7-14)20(24)26-2/h6-11,13H,4-5,12H2,1-3H3. The minimum Gasteiger partial charge on any atom is -0.465 e. The van der Waals surface area contributed by atoms with Crippen molar-refractivity contribution in [2.45, 2.75) is 26.3 Å². The third-order valence-corrected chi connectivity index (χ3v) is 4.47. The highest BCUT2D eigenvalue weighted by Crippen LogP contribution is 2.27. The van der Waals surface area contributed by atoms with Crippen LogP contribution < -0.4 is 0 Å². The molecule has 0 aliphatic rings. The smallest absolute Gasteiger partial charge is 0.337 e. The van der Waals surface area contributed by atoms with Crippen LogP contribution in [0, 0.1) is 0 Å². The van der Waals surface area contributed by atoms with Crippen LogP contribution in [0.4, 0.5) is 0 Å². The molecule has 0 N–H and O–H groups in total. The second kappa shape index (κ2) is 8.03. The quantitative estimate of drug-likeness (QED) is 0.615. The number of imidazole rings is 1. The van der Waals surface area contributed by atoms with Gasteiger partial charge in [0.15, 0.2) is 0 Å². The van der Waals surface area contributed by atoms with Gasteiger partial charge in [0.2, 0.25) is 0 Å². The molecule has 3 rings (SSSR count). The van der Waals surface area contributed by atoms with Gasteiger partial charge in [0.25, 0.3) is 0 Å². The van der Waals surface area contributed by atoms with Crippen molar-refractivity contribution in [2.75, 3.05) is 14.2 Å². The van der Waals surface area contributed by atoms with Gasteiger partial charge in [0.1, 0.15) is 5.82 Å². The van der Waals surface area contributed by atoms with Crippen LogP contribution >= 0.6 is 0 Å². The zero-order valence-electron chi connectivity index (χ0n) is 15.7. The second-order valence-electron chi connectivity index (χ2n) is 6.20. The molecule has 0 aliphatic heterocycles. The second-order valence-corrected chi connectivity index (χ2v) is 6.20. The summed E-state index contributed by atoms with van der Waals surface area (Å²) in [5, 5.41) is 0. The van der Waals surface area contributed by atoms with Crippen LogP contribution in [-0.4, -0.2) is 35.7 Å². The maximum absolute atomic E-state index is 11.8. The lowest BCUT2D eigenvalue weighted by Crippen LogP contribution is -2.03. The zero-order chi connectivity index (χ0) is 19.4. The summed E-state index contributed by atoms with van der Waals surface area (Å²) in [6, 6.07) is 12.6. The first kappa shape index (κ1) is 18.6. The molecule has 0 bridgehead atoms. The molecule has 6 nitrogen and oxygen atoms in total. The maximum Gasteiger partial charge on any atom is 0.337 e. The van der Waals surface area contributed by atoms with Gasteiger partial charge < -0.3 is 14.0 Å². The number of hydrogen-bond acceptors (Lipinski definition) is 5. The van der Waals surface area contributed by atoms with Crippen LogP contribution in [0.15, 0.2) is 42.5 Å². The first-order valence-electron chi connectivity index (χ1n) is 8.86. The van der Waals surface area contributed by atoms with Crippen molar-refractivity contribution < 1.29 is 19.1 Å². The number of benzene rings is 2. The third-order valence-electron chi connectivity index (χ3n) is 4.47. The van der Waals surface area contributed by atoms with Crippen LogP contribution in [-0.2, 0) is 16.0 Å². The normalized spacial score (nSPS) is 10.8. The van der Waals surface area contributed by atoms with E-state index in [1.807, 2.05) is 18.2 Å². The Balaban J connectivity index is 2.09. The van der Waals surface area contributed by atoms with Crippen molar-refractivity contribution >= 4 is 23.0 Å². The van der Waals surface area contributed by atoms with Gasteiger partial charge in [-0.15, -0.1) is 0 Å². The predicted octanol–water partition coefficient (Wildman–Crippen LogP) is 4.08. The summed E-state index contributed by atoms with van der Waals surface area (Å²) in [6.07, 6.45) is 2.07. The highest BCUT2D eigenvalue weighted by molar-refractivity contribution is 5.94. The van der Waals surface area contributed by atoms with Crippen LogP contribution in [0.25, 0.3) is 22.4 Å². The van der Waals surface area contributed by atoms with E-state index in [4.69, 9.17) is 14.5 Å². The van der Waals surface area contributed by atoms with Crippen molar-refractivity contribution in [3.05, 3.63) is 53.6 Å². The third kappa shape index (κ3) is 3.69. The number of methoxy groups -OCH3 is 2. The molecular weight excluding hydrogens is 344 g/mol. The molecule has 6 heteroatoms. The fourth-order valence-corrected chi connectivity index (χ4v) is 3.01. The molecule has 3 aromatic rings. The molecule has 140 valence electrons. The minimum atomic E-state index is -0.385. The average molecular weight is 366 g/mol. The summed E-state index contributed by atoms with van der Waals surface area (Å²) in [6.45, 7) is 2.96. The molecule has 0 aliphatic carbocycles. The summed E-state index contributed by atoms with van der Waals surface area (Å²) in [4.78, 5) is 28.2. The number of carbonyl (C=O) groups excluding carboxylic acids is 2. The molecule has 0 atom stereocenters. The van der Waals surface area contributed by atoms with E-state index in [0.717, 1.165) is 41.8 Å². The summed E-state index contributed by atoms with van der Waals surface area (Å²) >= 11 is 0.